The molecule has 0 unspecified atom stereocenters. The van der Waals surface area contributed by atoms with Gasteiger partial charge in [-0.25, -0.2) is 0 Å². The highest BCUT2D eigenvalue weighted by molar-refractivity contribution is 9.10. The van der Waals surface area contributed by atoms with Crippen LogP contribution in [0.3, 0.4) is 0 Å². The van der Waals surface area contributed by atoms with Crippen LogP contribution in [0.5, 0.6) is 5.75 Å². The highest BCUT2D eigenvalue weighted by Crippen LogP contribution is 2.53. The Kier molecular flexibility index (Phi) is 4.44. The molecule has 2 aromatic carbocycles. The minimum Gasteiger partial charge on any atom is -0.494 e. The molecule has 2 aliphatic rings. The molecule has 26 heavy (non-hydrogen) atoms. The smallest absolute Gasteiger partial charge is 0.296 e. The van der Waals surface area contributed by atoms with E-state index in [1.54, 1.807) is 0 Å². The molecule has 0 radical (unpaired) electrons. The van der Waals surface area contributed by atoms with Gasteiger partial charge in [-0.3, -0.25) is 10.1 Å². The third kappa shape index (κ3) is 2.78. The number of benzene rings is 2. The highest BCUT2D eigenvalue weighted by atomic mass is 79.9. The Morgan fingerprint density at radius 3 is 2.85 bits per heavy atom. The lowest BCUT2D eigenvalue weighted by Crippen LogP contribution is -2.30. The number of nitro benzene ring substituents is 1. The molecule has 1 heterocycles. The second kappa shape index (κ2) is 6.76. The lowest BCUT2D eigenvalue weighted by atomic mass is 9.76. The normalized spacial score (nSPS) is 23.1. The molecule has 0 saturated heterocycles. The van der Waals surface area contributed by atoms with Crippen LogP contribution < -0.4 is 10.1 Å². The molecule has 134 valence electrons. The average Bonchev–Trinajstić information content (AvgIpc) is 3.11. The number of nitrogens with one attached hydrogen (secondary N) is 1. The van der Waals surface area contributed by atoms with E-state index in [2.05, 4.69) is 39.5 Å². The number of hydrogen-bond donors (Lipinski definition) is 1. The van der Waals surface area contributed by atoms with E-state index in [1.165, 1.54) is 6.07 Å². The first-order chi connectivity index (χ1) is 12.6. The average molecular weight is 415 g/mol. The Morgan fingerprint density at radius 1 is 1.31 bits per heavy atom. The molecule has 1 aliphatic carbocycles. The van der Waals surface area contributed by atoms with Gasteiger partial charge in [0.25, 0.3) is 5.69 Å². The molecule has 1 aliphatic heterocycles. The predicted octanol–water partition coefficient (Wildman–Crippen LogP) is 5.58. The molecule has 4 rings (SSSR count). The fourth-order valence-electron chi connectivity index (χ4n) is 4.08. The number of ether oxygens (including phenoxy) is 1. The van der Waals surface area contributed by atoms with Crippen LogP contribution in [0.1, 0.15) is 36.4 Å². The van der Waals surface area contributed by atoms with Crippen molar-refractivity contribution in [1.29, 1.82) is 0 Å². The summed E-state index contributed by atoms with van der Waals surface area (Å²) in [5.74, 6) is 1.01. The molecular weight excluding hydrogens is 396 g/mol. The van der Waals surface area contributed by atoms with Crippen LogP contribution in [-0.2, 0) is 0 Å². The number of nitro groups is 1. The monoisotopic (exact) mass is 414 g/mol. The van der Waals surface area contributed by atoms with Gasteiger partial charge in [-0.1, -0.05) is 46.3 Å². The van der Waals surface area contributed by atoms with Crippen molar-refractivity contribution in [3.63, 3.8) is 0 Å². The summed E-state index contributed by atoms with van der Waals surface area (Å²) in [5, 5.41) is 15.2. The largest absolute Gasteiger partial charge is 0.494 e. The first-order valence-electron chi connectivity index (χ1n) is 8.73. The van der Waals surface area contributed by atoms with Crippen molar-refractivity contribution < 1.29 is 9.66 Å². The van der Waals surface area contributed by atoms with E-state index < -0.39 is 0 Å². The minimum atomic E-state index is -0.329. The van der Waals surface area contributed by atoms with Crippen molar-refractivity contribution >= 4 is 27.3 Å². The summed E-state index contributed by atoms with van der Waals surface area (Å²) < 4.78 is 6.59. The van der Waals surface area contributed by atoms with Gasteiger partial charge in [-0.15, -0.1) is 0 Å². The van der Waals surface area contributed by atoms with Crippen LogP contribution >= 0.6 is 15.9 Å². The lowest BCUT2D eigenvalue weighted by molar-refractivity contribution is -0.384. The Morgan fingerprint density at radius 2 is 2.12 bits per heavy atom. The number of halogens is 1. The molecule has 0 bridgehead atoms. The van der Waals surface area contributed by atoms with Gasteiger partial charge in [0, 0.05) is 10.4 Å². The van der Waals surface area contributed by atoms with Gasteiger partial charge in [0.2, 0.25) is 0 Å². The second-order valence-electron chi connectivity index (χ2n) is 6.59. The quantitative estimate of drug-likeness (QED) is 0.402. The summed E-state index contributed by atoms with van der Waals surface area (Å²) in [4.78, 5) is 11.4. The van der Waals surface area contributed by atoms with Crippen LogP contribution in [0.2, 0.25) is 0 Å². The molecule has 0 aromatic heterocycles. The number of fused-ring (bicyclic) bond motifs is 3. The topological polar surface area (TPSA) is 64.4 Å². The number of anilines is 1. The van der Waals surface area contributed by atoms with E-state index in [4.69, 9.17) is 4.74 Å². The molecule has 2 aromatic rings. The highest BCUT2D eigenvalue weighted by Gasteiger charge is 2.41. The third-order valence-corrected chi connectivity index (χ3v) is 5.89. The van der Waals surface area contributed by atoms with E-state index in [-0.39, 0.29) is 22.6 Å². The SMILES string of the molecule is CCOc1cc2c(c([N+](=O)[O-])c1)N[C@H](c1ccccc1Br)[C@@H]1CC=C[C@H]21. The van der Waals surface area contributed by atoms with Crippen molar-refractivity contribution in [2.75, 3.05) is 11.9 Å². The molecule has 0 fully saturated rings. The van der Waals surface area contributed by atoms with E-state index in [1.807, 2.05) is 31.2 Å². The van der Waals surface area contributed by atoms with Gasteiger partial charge in [0.1, 0.15) is 11.4 Å². The molecule has 5 nitrogen and oxygen atoms in total. The van der Waals surface area contributed by atoms with Crippen LogP contribution in [0, 0.1) is 16.0 Å². The summed E-state index contributed by atoms with van der Waals surface area (Å²) in [6.07, 6.45) is 5.29. The summed E-state index contributed by atoms with van der Waals surface area (Å²) in [6, 6.07) is 11.5. The van der Waals surface area contributed by atoms with Crippen LogP contribution in [0.25, 0.3) is 0 Å². The zero-order valence-corrected chi connectivity index (χ0v) is 15.9. The van der Waals surface area contributed by atoms with Gasteiger partial charge < -0.3 is 10.1 Å². The maximum absolute atomic E-state index is 11.7. The third-order valence-electron chi connectivity index (χ3n) is 5.17. The first-order valence-corrected chi connectivity index (χ1v) is 9.52. The van der Waals surface area contributed by atoms with Crippen molar-refractivity contribution in [3.05, 3.63) is 74.3 Å². The summed E-state index contributed by atoms with van der Waals surface area (Å²) in [7, 11) is 0. The lowest BCUT2D eigenvalue weighted by Gasteiger charge is -2.37. The maximum atomic E-state index is 11.7. The number of allylic oxidation sites excluding steroid dienone is 2. The predicted molar refractivity (Wildman–Crippen MR) is 105 cm³/mol. The van der Waals surface area contributed by atoms with Crippen LogP contribution in [0.15, 0.2) is 53.0 Å². The molecule has 1 N–H and O–H groups in total. The number of rotatable bonds is 4. The van der Waals surface area contributed by atoms with Gasteiger partial charge in [-0.05, 0) is 42.5 Å². The summed E-state index contributed by atoms with van der Waals surface area (Å²) >= 11 is 3.63. The van der Waals surface area contributed by atoms with E-state index >= 15 is 0 Å². The molecule has 0 amide bonds. The fourth-order valence-corrected chi connectivity index (χ4v) is 4.62. The number of hydrogen-bond acceptors (Lipinski definition) is 4. The summed E-state index contributed by atoms with van der Waals surface area (Å²) in [5.41, 5.74) is 2.75. The van der Waals surface area contributed by atoms with Crippen LogP contribution in [-0.4, -0.2) is 11.5 Å². The zero-order chi connectivity index (χ0) is 18.3. The molecule has 0 spiro atoms. The van der Waals surface area contributed by atoms with Gasteiger partial charge in [-0.2, -0.15) is 0 Å². The van der Waals surface area contributed by atoms with E-state index in [9.17, 15) is 10.1 Å². The molecule has 6 heteroatoms. The minimum absolute atomic E-state index is 0.00900. The van der Waals surface area contributed by atoms with E-state index in [0.717, 1.165) is 22.0 Å². The Bertz CT molecular complexity index is 897. The molecule has 3 atom stereocenters. The Balaban J connectivity index is 1.87. The standard InChI is InChI=1S/C20H19BrN2O3/c1-2-26-12-10-16-13-7-5-8-14(13)19(15-6-3-4-9-17(15)21)22-20(16)18(11-12)23(24)25/h3-7,9-11,13-14,19,22H,2,8H2,1H3/t13-,14+,19-/m0/s1. The van der Waals surface area contributed by atoms with Crippen molar-refractivity contribution in [3.8, 4) is 5.75 Å². The van der Waals surface area contributed by atoms with Crippen molar-refractivity contribution in [2.24, 2.45) is 5.92 Å². The van der Waals surface area contributed by atoms with Gasteiger partial charge >= 0.3 is 0 Å². The molecule has 0 saturated carbocycles. The van der Waals surface area contributed by atoms with E-state index in [0.29, 0.717) is 24.0 Å². The number of nitrogens with zero attached hydrogens (tertiary/aromatic N) is 1. The maximum Gasteiger partial charge on any atom is 0.296 e. The fraction of sp³-hybridized carbons (Fsp3) is 0.300. The Labute approximate surface area is 160 Å². The van der Waals surface area contributed by atoms with Crippen LogP contribution in [0.4, 0.5) is 11.4 Å². The van der Waals surface area contributed by atoms with Gasteiger partial charge in [0.15, 0.2) is 0 Å². The van der Waals surface area contributed by atoms with Gasteiger partial charge in [0.05, 0.1) is 23.6 Å². The Hall–Kier alpha value is -2.34. The summed E-state index contributed by atoms with van der Waals surface area (Å²) in [6.45, 7) is 2.36. The first kappa shape index (κ1) is 17.1. The van der Waals surface area contributed by atoms with Crippen molar-refractivity contribution in [2.45, 2.75) is 25.3 Å². The molecular formula is C20H19BrN2O3. The second-order valence-corrected chi connectivity index (χ2v) is 7.45. The zero-order valence-electron chi connectivity index (χ0n) is 14.3. The van der Waals surface area contributed by atoms with Crippen molar-refractivity contribution in [1.82, 2.24) is 0 Å².